The molecule has 0 aromatic heterocycles. The van der Waals surface area contributed by atoms with E-state index in [0.717, 1.165) is 17.4 Å². The largest absolute Gasteiger partial charge is 0.429 e. The van der Waals surface area contributed by atoms with Crippen molar-refractivity contribution < 1.29 is 48.7 Å². The van der Waals surface area contributed by atoms with Gasteiger partial charge in [0, 0.05) is 0 Å². The molecule has 0 aliphatic rings. The average Bonchev–Trinajstić information content (AvgIpc) is 2.34. The highest BCUT2D eigenvalue weighted by Crippen LogP contribution is 2.52. The van der Waals surface area contributed by atoms with Crippen molar-refractivity contribution in [3.8, 4) is 0 Å². The first-order valence-corrected chi connectivity index (χ1v) is 5.67. The number of alkyl halides is 9. The lowest BCUT2D eigenvalue weighted by Crippen LogP contribution is -2.75. The Morgan fingerprint density at radius 1 is 0.792 bits per heavy atom. The lowest BCUT2D eigenvalue weighted by Gasteiger charge is -2.38. The van der Waals surface area contributed by atoms with Crippen LogP contribution in [-0.4, -0.2) is 30.1 Å². The maximum Gasteiger partial charge on any atom is 0.429 e. The van der Waals surface area contributed by atoms with Crippen LogP contribution in [0.15, 0.2) is 24.3 Å². The zero-order valence-electron chi connectivity index (χ0n) is 11.0. The number of rotatable bonds is 2. The van der Waals surface area contributed by atoms with E-state index in [0.29, 0.717) is 12.1 Å². The molecular formula is C11H6F10N2O. The first-order valence-electron chi connectivity index (χ1n) is 5.67. The minimum Gasteiger partial charge on any atom is -0.308 e. The monoisotopic (exact) mass is 372 g/mol. The molecule has 3 nitrogen and oxygen atoms in total. The van der Waals surface area contributed by atoms with E-state index in [1.54, 1.807) is 0 Å². The van der Waals surface area contributed by atoms with E-state index >= 15 is 0 Å². The third-order valence-corrected chi connectivity index (χ3v) is 2.70. The predicted molar refractivity (Wildman–Crippen MR) is 59.5 cm³/mol. The smallest absolute Gasteiger partial charge is 0.308 e. The van der Waals surface area contributed by atoms with Gasteiger partial charge in [-0.15, -0.1) is 0 Å². The van der Waals surface area contributed by atoms with Gasteiger partial charge in [0.15, 0.2) is 0 Å². The van der Waals surface area contributed by atoms with Crippen LogP contribution >= 0.6 is 0 Å². The van der Waals surface area contributed by atoms with Gasteiger partial charge in [0.05, 0.1) is 5.69 Å². The van der Waals surface area contributed by atoms with Crippen molar-refractivity contribution in [1.29, 1.82) is 0 Å². The van der Waals surface area contributed by atoms with Crippen LogP contribution < -0.4 is 10.6 Å². The normalized spacial score (nSPS) is 13.6. The summed E-state index contributed by atoms with van der Waals surface area (Å²) in [5, 5.41) is 0.991. The first kappa shape index (κ1) is 19.8. The third kappa shape index (κ3) is 3.48. The van der Waals surface area contributed by atoms with Gasteiger partial charge in [-0.25, -0.2) is 9.18 Å². The lowest BCUT2D eigenvalue weighted by molar-refractivity contribution is -0.386. The highest BCUT2D eigenvalue weighted by molar-refractivity contribution is 5.90. The number of hydrogen-bond donors (Lipinski definition) is 2. The maximum absolute atomic E-state index is 13.2. The van der Waals surface area contributed by atoms with E-state index < -0.39 is 41.6 Å². The molecular weight excluding hydrogens is 366 g/mol. The van der Waals surface area contributed by atoms with Gasteiger partial charge in [-0.2, -0.15) is 39.5 Å². The Hall–Kier alpha value is -2.21. The summed E-state index contributed by atoms with van der Waals surface area (Å²) in [6.07, 6.45) is -20.9. The van der Waals surface area contributed by atoms with Gasteiger partial charge in [0.2, 0.25) is 0 Å². The molecule has 2 N–H and O–H groups in total. The summed E-state index contributed by atoms with van der Waals surface area (Å²) in [5.74, 6) is -1.29. The van der Waals surface area contributed by atoms with E-state index in [2.05, 4.69) is 0 Å². The second-order valence-corrected chi connectivity index (χ2v) is 4.30. The molecule has 136 valence electrons. The molecule has 24 heavy (non-hydrogen) atoms. The molecule has 0 heterocycles. The average molecular weight is 372 g/mol. The molecule has 0 unspecified atom stereocenters. The van der Waals surface area contributed by atoms with Crippen LogP contribution in [0.4, 0.5) is 54.4 Å². The molecule has 13 heteroatoms. The van der Waals surface area contributed by atoms with Crippen LogP contribution in [-0.2, 0) is 0 Å². The number of anilines is 1. The molecule has 0 atom stereocenters. The van der Waals surface area contributed by atoms with Crippen molar-refractivity contribution in [3.63, 3.8) is 0 Å². The highest BCUT2D eigenvalue weighted by Gasteiger charge is 2.84. The molecule has 0 radical (unpaired) electrons. The van der Waals surface area contributed by atoms with Crippen LogP contribution in [0.1, 0.15) is 0 Å². The van der Waals surface area contributed by atoms with Crippen LogP contribution in [0.25, 0.3) is 0 Å². The fourth-order valence-corrected chi connectivity index (χ4v) is 1.58. The van der Waals surface area contributed by atoms with Crippen molar-refractivity contribution in [3.05, 3.63) is 30.1 Å². The number of benzene rings is 1. The summed E-state index contributed by atoms with van der Waals surface area (Å²) < 4.78 is 126. The Kier molecular flexibility index (Phi) is 4.97. The van der Waals surface area contributed by atoms with Crippen molar-refractivity contribution >= 4 is 11.7 Å². The zero-order chi connectivity index (χ0) is 19.0. The molecule has 1 aromatic carbocycles. The Labute approximate surface area is 126 Å². The summed E-state index contributed by atoms with van der Waals surface area (Å²) in [6.45, 7) is 0. The standard InChI is InChI=1S/C11H6F10N2O/c12-5-3-1-2-4-6(5)22-7(24)23-8(9(13,14)15,10(16,17)18)11(19,20)21/h1-4H,(H2,22,23,24). The molecule has 1 rings (SSSR count). The number of urea groups is 1. The topological polar surface area (TPSA) is 41.1 Å². The lowest BCUT2D eigenvalue weighted by atomic mass is 9.97. The second kappa shape index (κ2) is 6.02. The summed E-state index contributed by atoms with van der Waals surface area (Å²) in [6, 6.07) is 0.922. The van der Waals surface area contributed by atoms with Crippen LogP contribution in [0.3, 0.4) is 0 Å². The fraction of sp³-hybridized carbons (Fsp3) is 0.364. The summed E-state index contributed by atoms with van der Waals surface area (Å²) in [5.41, 5.74) is -7.45. The third-order valence-electron chi connectivity index (χ3n) is 2.70. The van der Waals surface area contributed by atoms with Crippen molar-refractivity contribution in [1.82, 2.24) is 5.32 Å². The summed E-state index contributed by atoms with van der Waals surface area (Å²) >= 11 is 0. The highest BCUT2D eigenvalue weighted by atomic mass is 19.4. The molecule has 0 saturated heterocycles. The van der Waals surface area contributed by atoms with E-state index in [4.69, 9.17) is 0 Å². The van der Waals surface area contributed by atoms with Gasteiger partial charge in [-0.3, -0.25) is 0 Å². The number of nitrogens with one attached hydrogen (secondary N) is 2. The van der Waals surface area contributed by atoms with Crippen LogP contribution in [0, 0.1) is 5.82 Å². The number of hydrogen-bond acceptors (Lipinski definition) is 1. The molecule has 2 amide bonds. The molecule has 0 bridgehead atoms. The molecule has 1 aromatic rings. The molecule has 0 saturated carbocycles. The van der Waals surface area contributed by atoms with E-state index in [-0.39, 0.29) is 5.32 Å². The van der Waals surface area contributed by atoms with Crippen LogP contribution in [0.5, 0.6) is 0 Å². The summed E-state index contributed by atoms with van der Waals surface area (Å²) in [4.78, 5) is 11.2. The summed E-state index contributed by atoms with van der Waals surface area (Å²) in [7, 11) is 0. The number of halogens is 10. The number of para-hydroxylation sites is 1. The van der Waals surface area contributed by atoms with E-state index in [9.17, 15) is 48.7 Å². The van der Waals surface area contributed by atoms with Crippen molar-refractivity contribution in [2.24, 2.45) is 0 Å². The maximum atomic E-state index is 13.2. The van der Waals surface area contributed by atoms with E-state index in [1.807, 2.05) is 0 Å². The SMILES string of the molecule is O=C(Nc1ccccc1F)NC(C(F)(F)F)(C(F)(F)F)C(F)(F)F. The Balaban J connectivity index is 3.28. The second-order valence-electron chi connectivity index (χ2n) is 4.30. The molecule has 0 aliphatic carbocycles. The Bertz CT molecular complexity index is 568. The number of carbonyl (C=O) groups is 1. The molecule has 0 fully saturated rings. The minimum atomic E-state index is -6.96. The number of carbonyl (C=O) groups excluding carboxylic acids is 1. The predicted octanol–water partition coefficient (Wildman–Crippen LogP) is 4.37. The van der Waals surface area contributed by atoms with Crippen molar-refractivity contribution in [2.45, 2.75) is 24.1 Å². The van der Waals surface area contributed by atoms with Gasteiger partial charge in [0.1, 0.15) is 5.82 Å². The van der Waals surface area contributed by atoms with Crippen LogP contribution in [0.2, 0.25) is 0 Å². The molecule has 0 aliphatic heterocycles. The van der Waals surface area contributed by atoms with Gasteiger partial charge in [-0.1, -0.05) is 12.1 Å². The fourth-order valence-electron chi connectivity index (χ4n) is 1.58. The van der Waals surface area contributed by atoms with Crippen molar-refractivity contribution in [2.75, 3.05) is 5.32 Å². The minimum absolute atomic E-state index is 0.166. The molecule has 0 spiro atoms. The van der Waals surface area contributed by atoms with Gasteiger partial charge in [-0.05, 0) is 12.1 Å². The number of amides is 2. The Morgan fingerprint density at radius 2 is 1.21 bits per heavy atom. The quantitative estimate of drug-likeness (QED) is 0.744. The van der Waals surface area contributed by atoms with E-state index in [1.165, 1.54) is 0 Å². The zero-order valence-corrected chi connectivity index (χ0v) is 11.0. The van der Waals surface area contributed by atoms with Gasteiger partial charge < -0.3 is 10.6 Å². The first-order chi connectivity index (χ1) is 10.6. The Morgan fingerprint density at radius 3 is 1.58 bits per heavy atom. The van der Waals surface area contributed by atoms with Gasteiger partial charge in [0.25, 0.3) is 0 Å². The van der Waals surface area contributed by atoms with Gasteiger partial charge >= 0.3 is 30.1 Å².